The lowest BCUT2D eigenvalue weighted by Crippen LogP contribution is -2.09. The van der Waals surface area contributed by atoms with Crippen LogP contribution in [0.2, 0.25) is 0 Å². The van der Waals surface area contributed by atoms with Gasteiger partial charge in [-0.3, -0.25) is 0 Å². The van der Waals surface area contributed by atoms with E-state index in [0.717, 1.165) is 5.69 Å². The number of benzene rings is 1. The number of nitrogen functional groups attached to an aromatic ring is 1. The summed E-state index contributed by atoms with van der Waals surface area (Å²) >= 11 is 4.22. The van der Waals surface area contributed by atoms with Crippen LogP contribution in [-0.2, 0) is 10.5 Å². The summed E-state index contributed by atoms with van der Waals surface area (Å²) in [5.74, 6) is 2.58. The van der Waals surface area contributed by atoms with E-state index in [0.29, 0.717) is 4.08 Å². The maximum absolute atomic E-state index is 5.86. The second-order valence-electron chi connectivity index (χ2n) is 3.87. The third-order valence-electron chi connectivity index (χ3n) is 3.02. The van der Waals surface area contributed by atoms with Crippen molar-refractivity contribution < 1.29 is 0 Å². The number of hydrogen-bond donors (Lipinski definition) is 1. The van der Waals surface area contributed by atoms with Crippen LogP contribution in [0.4, 0.5) is 5.69 Å². The van der Waals surface area contributed by atoms with Crippen LogP contribution in [0.1, 0.15) is 17.5 Å². The van der Waals surface area contributed by atoms with Crippen molar-refractivity contribution >= 4 is 29.2 Å². The molecular weight excluding hydrogens is 210 g/mol. The molecule has 0 saturated carbocycles. The Morgan fingerprint density at radius 3 is 2.79 bits per heavy atom. The van der Waals surface area contributed by atoms with Gasteiger partial charge >= 0.3 is 0 Å². The second kappa shape index (κ2) is 3.11. The van der Waals surface area contributed by atoms with Crippen molar-refractivity contribution in [3.8, 4) is 0 Å². The fourth-order valence-electron chi connectivity index (χ4n) is 2.36. The Bertz CT molecular complexity index is 370. The van der Waals surface area contributed by atoms with E-state index in [9.17, 15) is 0 Å². The summed E-state index contributed by atoms with van der Waals surface area (Å²) in [5, 5.41) is 0. The summed E-state index contributed by atoms with van der Waals surface area (Å²) < 4.78 is 0.366. The van der Waals surface area contributed by atoms with E-state index in [4.69, 9.17) is 5.73 Å². The monoisotopic (exact) mass is 223 g/mol. The van der Waals surface area contributed by atoms with Gasteiger partial charge in [0.05, 0.1) is 4.08 Å². The SMILES string of the molecule is Nc1ccc2c(c1)C1(CC2)SCCS1. The number of aryl methyl sites for hydroxylation is 1. The molecule has 1 heterocycles. The molecule has 1 nitrogen and oxygen atoms in total. The lowest BCUT2D eigenvalue weighted by atomic mass is 10.1. The summed E-state index contributed by atoms with van der Waals surface area (Å²) in [7, 11) is 0. The molecule has 1 spiro atoms. The van der Waals surface area contributed by atoms with Crippen LogP contribution in [0.5, 0.6) is 0 Å². The zero-order valence-corrected chi connectivity index (χ0v) is 9.59. The first-order valence-electron chi connectivity index (χ1n) is 4.97. The minimum absolute atomic E-state index is 0.366. The Balaban J connectivity index is 2.12. The van der Waals surface area contributed by atoms with Gasteiger partial charge in [0.15, 0.2) is 0 Å². The summed E-state index contributed by atoms with van der Waals surface area (Å²) in [6, 6.07) is 6.43. The highest BCUT2D eigenvalue weighted by atomic mass is 32.2. The van der Waals surface area contributed by atoms with Crippen LogP contribution >= 0.6 is 23.5 Å². The smallest absolute Gasteiger partial charge is 0.0867 e. The van der Waals surface area contributed by atoms with Gasteiger partial charge in [-0.15, -0.1) is 23.5 Å². The lowest BCUT2D eigenvalue weighted by Gasteiger charge is -2.22. The molecule has 1 aliphatic heterocycles. The van der Waals surface area contributed by atoms with Crippen LogP contribution in [0.15, 0.2) is 18.2 Å². The van der Waals surface area contributed by atoms with Crippen molar-refractivity contribution in [3.05, 3.63) is 29.3 Å². The molecule has 1 saturated heterocycles. The van der Waals surface area contributed by atoms with Gasteiger partial charge in [0.1, 0.15) is 0 Å². The number of fused-ring (bicyclic) bond motifs is 2. The summed E-state index contributed by atoms with van der Waals surface area (Å²) in [6.45, 7) is 0. The summed E-state index contributed by atoms with van der Waals surface area (Å²) in [5.41, 5.74) is 9.80. The largest absolute Gasteiger partial charge is 0.399 e. The molecule has 1 aromatic carbocycles. The van der Waals surface area contributed by atoms with Crippen LogP contribution in [0, 0.1) is 0 Å². The molecule has 0 atom stereocenters. The fourth-order valence-corrected chi connectivity index (χ4v) is 5.70. The molecular formula is C11H13NS2. The molecule has 3 rings (SSSR count). The van der Waals surface area contributed by atoms with E-state index in [-0.39, 0.29) is 0 Å². The highest BCUT2D eigenvalue weighted by molar-refractivity contribution is 8.20. The predicted molar refractivity (Wildman–Crippen MR) is 65.8 cm³/mol. The molecule has 0 radical (unpaired) electrons. The van der Waals surface area contributed by atoms with Crippen LogP contribution in [-0.4, -0.2) is 11.5 Å². The minimum atomic E-state index is 0.366. The molecule has 2 N–H and O–H groups in total. The number of hydrogen-bond acceptors (Lipinski definition) is 3. The molecule has 0 unspecified atom stereocenters. The molecule has 0 amide bonds. The Morgan fingerprint density at radius 1 is 1.21 bits per heavy atom. The first kappa shape index (κ1) is 8.98. The molecule has 1 fully saturated rings. The van der Waals surface area contributed by atoms with Gasteiger partial charge in [-0.05, 0) is 36.1 Å². The maximum atomic E-state index is 5.86. The van der Waals surface area contributed by atoms with Crippen molar-refractivity contribution in [2.75, 3.05) is 17.2 Å². The Morgan fingerprint density at radius 2 is 2.00 bits per heavy atom. The Labute approximate surface area is 92.8 Å². The van der Waals surface area contributed by atoms with Gasteiger partial charge in [0, 0.05) is 17.2 Å². The lowest BCUT2D eigenvalue weighted by molar-refractivity contribution is 0.844. The second-order valence-corrected chi connectivity index (χ2v) is 6.91. The maximum Gasteiger partial charge on any atom is 0.0867 e. The number of rotatable bonds is 0. The third-order valence-corrected chi connectivity index (χ3v) is 6.58. The van der Waals surface area contributed by atoms with Gasteiger partial charge in [0.2, 0.25) is 0 Å². The van der Waals surface area contributed by atoms with Gasteiger partial charge < -0.3 is 5.73 Å². The Kier molecular flexibility index (Phi) is 1.99. The highest BCUT2D eigenvalue weighted by Gasteiger charge is 2.42. The molecule has 1 aliphatic carbocycles. The quantitative estimate of drug-likeness (QED) is 0.685. The molecule has 0 aromatic heterocycles. The number of thioether (sulfide) groups is 2. The van der Waals surface area contributed by atoms with Crippen molar-refractivity contribution in [1.82, 2.24) is 0 Å². The zero-order valence-electron chi connectivity index (χ0n) is 7.95. The molecule has 74 valence electrons. The third kappa shape index (κ3) is 1.18. The highest BCUT2D eigenvalue weighted by Crippen LogP contribution is 2.59. The summed E-state index contributed by atoms with van der Waals surface area (Å²) in [4.78, 5) is 0. The topological polar surface area (TPSA) is 26.0 Å². The van der Waals surface area contributed by atoms with Gasteiger partial charge in [-0.1, -0.05) is 6.07 Å². The number of anilines is 1. The molecule has 3 heteroatoms. The van der Waals surface area contributed by atoms with Gasteiger partial charge in [-0.2, -0.15) is 0 Å². The zero-order chi connectivity index (χ0) is 9.60. The van der Waals surface area contributed by atoms with Crippen LogP contribution in [0.3, 0.4) is 0 Å². The first-order chi connectivity index (χ1) is 6.80. The van der Waals surface area contributed by atoms with E-state index >= 15 is 0 Å². The first-order valence-corrected chi connectivity index (χ1v) is 6.94. The van der Waals surface area contributed by atoms with E-state index < -0.39 is 0 Å². The average molecular weight is 223 g/mol. The average Bonchev–Trinajstić information content (AvgIpc) is 2.77. The molecule has 2 aliphatic rings. The van der Waals surface area contributed by atoms with Crippen molar-refractivity contribution in [1.29, 1.82) is 0 Å². The Hall–Kier alpha value is -0.280. The van der Waals surface area contributed by atoms with Crippen molar-refractivity contribution in [3.63, 3.8) is 0 Å². The van der Waals surface area contributed by atoms with Crippen LogP contribution < -0.4 is 5.73 Å². The van der Waals surface area contributed by atoms with Crippen molar-refractivity contribution in [2.24, 2.45) is 0 Å². The van der Waals surface area contributed by atoms with E-state index in [2.05, 4.69) is 35.7 Å². The summed E-state index contributed by atoms with van der Waals surface area (Å²) in [6.07, 6.45) is 2.52. The fraction of sp³-hybridized carbons (Fsp3) is 0.455. The molecule has 0 bridgehead atoms. The minimum Gasteiger partial charge on any atom is -0.399 e. The van der Waals surface area contributed by atoms with E-state index in [1.54, 1.807) is 0 Å². The van der Waals surface area contributed by atoms with Crippen molar-refractivity contribution in [2.45, 2.75) is 16.9 Å². The standard InChI is InChI=1S/C11H13NS2/c12-9-2-1-8-3-4-11(10(8)7-9)13-5-6-14-11/h1-2,7H,3-6,12H2. The molecule has 14 heavy (non-hydrogen) atoms. The van der Waals surface area contributed by atoms with E-state index in [1.807, 2.05) is 6.07 Å². The predicted octanol–water partition coefficient (Wildman–Crippen LogP) is 2.85. The van der Waals surface area contributed by atoms with Gasteiger partial charge in [0.25, 0.3) is 0 Å². The van der Waals surface area contributed by atoms with E-state index in [1.165, 1.54) is 35.5 Å². The molecule has 1 aromatic rings. The number of nitrogens with two attached hydrogens (primary N) is 1. The van der Waals surface area contributed by atoms with Gasteiger partial charge in [-0.25, -0.2) is 0 Å². The normalized spacial score (nSPS) is 22.9. The van der Waals surface area contributed by atoms with Crippen LogP contribution in [0.25, 0.3) is 0 Å².